The Morgan fingerprint density at radius 3 is 2.58 bits per heavy atom. The SMILES string of the molecule is FC(F)(F)c1cc(Nc2nc3cnc(NC4CC4)nc3n2C2CCNCC2)ccc1Cl. The minimum atomic E-state index is -4.54. The molecule has 3 heterocycles. The molecule has 1 aliphatic carbocycles. The van der Waals surface area contributed by atoms with Crippen LogP contribution in [0.2, 0.25) is 5.02 Å². The van der Waals surface area contributed by atoms with Crippen LogP contribution in [0.5, 0.6) is 0 Å². The Balaban J connectivity index is 1.55. The minimum Gasteiger partial charge on any atom is -0.351 e. The molecule has 3 aromatic rings. The lowest BCUT2D eigenvalue weighted by molar-refractivity contribution is -0.137. The van der Waals surface area contributed by atoms with Gasteiger partial charge in [-0.25, -0.2) is 9.97 Å². The third-order valence-corrected chi connectivity index (χ3v) is 5.87. The largest absolute Gasteiger partial charge is 0.417 e. The molecule has 31 heavy (non-hydrogen) atoms. The third kappa shape index (κ3) is 4.27. The number of hydrogen-bond donors (Lipinski definition) is 3. The number of nitrogens with one attached hydrogen (secondary N) is 3. The second-order valence-electron chi connectivity index (χ2n) is 7.93. The molecular weight excluding hydrogens is 431 g/mol. The highest BCUT2D eigenvalue weighted by atomic mass is 35.5. The zero-order valence-corrected chi connectivity index (χ0v) is 17.3. The maximum atomic E-state index is 13.3. The van der Waals surface area contributed by atoms with Crippen molar-refractivity contribution in [2.45, 2.75) is 43.9 Å². The number of halogens is 4. The van der Waals surface area contributed by atoms with Gasteiger partial charge in [-0.05, 0) is 57.0 Å². The summed E-state index contributed by atoms with van der Waals surface area (Å²) >= 11 is 5.76. The van der Waals surface area contributed by atoms with Gasteiger partial charge < -0.3 is 16.0 Å². The van der Waals surface area contributed by atoms with Crippen molar-refractivity contribution in [1.29, 1.82) is 0 Å². The number of anilines is 3. The predicted octanol–water partition coefficient (Wildman–Crippen LogP) is 4.74. The summed E-state index contributed by atoms with van der Waals surface area (Å²) in [5.41, 5.74) is 0.621. The van der Waals surface area contributed by atoms with Crippen molar-refractivity contribution < 1.29 is 13.2 Å². The van der Waals surface area contributed by atoms with Crippen molar-refractivity contribution in [2.75, 3.05) is 23.7 Å². The van der Waals surface area contributed by atoms with Gasteiger partial charge in [0.25, 0.3) is 0 Å². The molecule has 1 aromatic carbocycles. The fourth-order valence-electron chi connectivity index (χ4n) is 3.82. The van der Waals surface area contributed by atoms with E-state index in [1.165, 1.54) is 12.1 Å². The summed E-state index contributed by atoms with van der Waals surface area (Å²) in [5.74, 6) is 0.984. The summed E-state index contributed by atoms with van der Waals surface area (Å²) in [5, 5.41) is 9.34. The van der Waals surface area contributed by atoms with Crippen LogP contribution in [0.3, 0.4) is 0 Å². The first-order chi connectivity index (χ1) is 14.9. The van der Waals surface area contributed by atoms with Crippen molar-refractivity contribution in [3.8, 4) is 0 Å². The molecule has 0 spiro atoms. The third-order valence-electron chi connectivity index (χ3n) is 5.55. The van der Waals surface area contributed by atoms with Crippen LogP contribution in [0.4, 0.5) is 30.8 Å². The van der Waals surface area contributed by atoms with E-state index in [-0.39, 0.29) is 16.8 Å². The van der Waals surface area contributed by atoms with E-state index in [0.29, 0.717) is 29.1 Å². The second kappa shape index (κ2) is 7.83. The molecule has 1 aliphatic heterocycles. The maximum absolute atomic E-state index is 13.3. The van der Waals surface area contributed by atoms with Crippen molar-refractivity contribution >= 4 is 40.3 Å². The number of hydrogen-bond acceptors (Lipinski definition) is 6. The molecule has 0 radical (unpaired) electrons. The molecule has 3 N–H and O–H groups in total. The first-order valence-corrected chi connectivity index (χ1v) is 10.6. The molecule has 5 rings (SSSR count). The second-order valence-corrected chi connectivity index (χ2v) is 8.33. The van der Waals surface area contributed by atoms with E-state index in [2.05, 4.69) is 30.9 Å². The number of nitrogens with zero attached hydrogens (tertiary/aromatic N) is 4. The van der Waals surface area contributed by atoms with Gasteiger partial charge in [0.1, 0.15) is 5.52 Å². The Kier molecular flexibility index (Phi) is 5.13. The average molecular weight is 452 g/mol. The topological polar surface area (TPSA) is 79.7 Å². The molecule has 2 aromatic heterocycles. The summed E-state index contributed by atoms with van der Waals surface area (Å²) in [7, 11) is 0. The number of benzene rings is 1. The Labute approximate surface area is 181 Å². The average Bonchev–Trinajstić information content (AvgIpc) is 3.48. The summed E-state index contributed by atoms with van der Waals surface area (Å²) in [6, 6.07) is 4.27. The molecule has 1 saturated carbocycles. The summed E-state index contributed by atoms with van der Waals surface area (Å²) in [6.07, 6.45) is 1.03. The summed E-state index contributed by atoms with van der Waals surface area (Å²) < 4.78 is 41.9. The lowest BCUT2D eigenvalue weighted by atomic mass is 10.1. The number of imidazole rings is 1. The summed E-state index contributed by atoms with van der Waals surface area (Å²) in [4.78, 5) is 13.6. The number of alkyl halides is 3. The van der Waals surface area contributed by atoms with Crippen LogP contribution >= 0.6 is 11.6 Å². The molecule has 7 nitrogen and oxygen atoms in total. The van der Waals surface area contributed by atoms with Crippen LogP contribution in [0.1, 0.15) is 37.3 Å². The molecule has 2 fully saturated rings. The molecule has 11 heteroatoms. The maximum Gasteiger partial charge on any atom is 0.417 e. The molecule has 0 unspecified atom stereocenters. The summed E-state index contributed by atoms with van der Waals surface area (Å²) in [6.45, 7) is 1.70. The van der Waals surface area contributed by atoms with Gasteiger partial charge >= 0.3 is 6.18 Å². The van der Waals surface area contributed by atoms with E-state index in [1.807, 2.05) is 4.57 Å². The Hall–Kier alpha value is -2.59. The lowest BCUT2D eigenvalue weighted by Gasteiger charge is -2.26. The van der Waals surface area contributed by atoms with Gasteiger partial charge in [0.2, 0.25) is 11.9 Å². The molecule has 2 aliphatic rings. The smallest absolute Gasteiger partial charge is 0.351 e. The van der Waals surface area contributed by atoms with Crippen LogP contribution in [-0.2, 0) is 6.18 Å². The first kappa shape index (κ1) is 20.3. The van der Waals surface area contributed by atoms with Crippen LogP contribution in [0.25, 0.3) is 11.2 Å². The van der Waals surface area contributed by atoms with E-state index >= 15 is 0 Å². The highest BCUT2D eigenvalue weighted by Gasteiger charge is 2.33. The Morgan fingerprint density at radius 2 is 1.87 bits per heavy atom. The van der Waals surface area contributed by atoms with Gasteiger partial charge in [-0.1, -0.05) is 11.6 Å². The van der Waals surface area contributed by atoms with E-state index in [4.69, 9.17) is 11.6 Å². The van der Waals surface area contributed by atoms with Crippen LogP contribution in [0.15, 0.2) is 24.4 Å². The molecule has 0 atom stereocenters. The zero-order chi connectivity index (χ0) is 21.6. The number of piperidine rings is 1. The predicted molar refractivity (Wildman–Crippen MR) is 113 cm³/mol. The molecule has 1 saturated heterocycles. The fraction of sp³-hybridized carbons (Fsp3) is 0.450. The van der Waals surface area contributed by atoms with Gasteiger partial charge in [0.15, 0.2) is 5.65 Å². The number of aromatic nitrogens is 4. The molecular formula is C20H21ClF3N7. The van der Waals surface area contributed by atoms with Crippen LogP contribution < -0.4 is 16.0 Å². The number of fused-ring (bicyclic) bond motifs is 1. The van der Waals surface area contributed by atoms with E-state index in [0.717, 1.165) is 44.8 Å². The highest BCUT2D eigenvalue weighted by molar-refractivity contribution is 6.31. The number of rotatable bonds is 5. The van der Waals surface area contributed by atoms with Crippen molar-refractivity contribution in [2.24, 2.45) is 0 Å². The standard InChI is InChI=1S/C20H21ClF3N7/c21-15-4-3-12(9-14(15)20(22,23)24)28-19-29-16-10-26-18(27-11-1-2-11)30-17(16)31(19)13-5-7-25-8-6-13/h3-4,9-11,13,25H,1-2,5-8H2,(H,28,29)(H,26,27,30). The Morgan fingerprint density at radius 1 is 1.10 bits per heavy atom. The van der Waals surface area contributed by atoms with Crippen LogP contribution in [0, 0.1) is 0 Å². The monoisotopic (exact) mass is 451 g/mol. The van der Waals surface area contributed by atoms with E-state index < -0.39 is 11.7 Å². The zero-order valence-electron chi connectivity index (χ0n) is 16.5. The van der Waals surface area contributed by atoms with E-state index in [9.17, 15) is 13.2 Å². The minimum absolute atomic E-state index is 0.117. The quantitative estimate of drug-likeness (QED) is 0.520. The molecule has 0 amide bonds. The molecule has 164 valence electrons. The lowest BCUT2D eigenvalue weighted by Crippen LogP contribution is -2.30. The van der Waals surface area contributed by atoms with Crippen molar-refractivity contribution in [3.63, 3.8) is 0 Å². The van der Waals surface area contributed by atoms with E-state index in [1.54, 1.807) is 6.20 Å². The van der Waals surface area contributed by atoms with Crippen molar-refractivity contribution in [3.05, 3.63) is 35.0 Å². The van der Waals surface area contributed by atoms with Gasteiger partial charge in [-0.3, -0.25) is 4.57 Å². The van der Waals surface area contributed by atoms with Gasteiger partial charge in [0.05, 0.1) is 16.8 Å². The van der Waals surface area contributed by atoms with Crippen LogP contribution in [-0.4, -0.2) is 38.7 Å². The van der Waals surface area contributed by atoms with Gasteiger partial charge in [-0.2, -0.15) is 18.2 Å². The Bertz CT molecular complexity index is 1100. The highest BCUT2D eigenvalue weighted by Crippen LogP contribution is 2.37. The van der Waals surface area contributed by atoms with Gasteiger partial charge in [0, 0.05) is 17.8 Å². The normalized spacial score (nSPS) is 17.8. The van der Waals surface area contributed by atoms with Crippen molar-refractivity contribution in [1.82, 2.24) is 24.8 Å². The first-order valence-electron chi connectivity index (χ1n) is 10.2. The molecule has 0 bridgehead atoms. The van der Waals surface area contributed by atoms with Gasteiger partial charge in [-0.15, -0.1) is 0 Å². The fourth-order valence-corrected chi connectivity index (χ4v) is 4.04.